The zero-order valence-corrected chi connectivity index (χ0v) is 14.8. The van der Waals surface area contributed by atoms with E-state index in [4.69, 9.17) is 10.2 Å². The summed E-state index contributed by atoms with van der Waals surface area (Å²) in [5, 5.41) is 3.07. The molecule has 1 amide bonds. The molecular weight excluding hydrogens is 302 g/mol. The van der Waals surface area contributed by atoms with Crippen LogP contribution in [-0.2, 0) is 11.2 Å². The fourth-order valence-corrected chi connectivity index (χ4v) is 2.76. The second-order valence-corrected chi connectivity index (χ2v) is 6.13. The van der Waals surface area contributed by atoms with Gasteiger partial charge in [-0.1, -0.05) is 44.2 Å². The lowest BCUT2D eigenvalue weighted by atomic mass is 9.92. The van der Waals surface area contributed by atoms with Crippen LogP contribution in [0, 0.1) is 6.92 Å². The average molecular weight is 329 g/mol. The molecule has 24 heavy (non-hydrogen) atoms. The minimum absolute atomic E-state index is 0.0127. The van der Waals surface area contributed by atoms with E-state index in [1.165, 1.54) is 0 Å². The molecule has 0 aliphatic heterocycles. The molecular formula is C19H27N3O2. The maximum Gasteiger partial charge on any atom is 0.220 e. The molecule has 0 saturated carbocycles. The van der Waals surface area contributed by atoms with Crippen molar-refractivity contribution < 1.29 is 9.21 Å². The Labute approximate surface area is 143 Å². The highest BCUT2D eigenvalue weighted by Crippen LogP contribution is 2.24. The molecule has 2 aromatic rings. The van der Waals surface area contributed by atoms with Gasteiger partial charge in [0, 0.05) is 24.9 Å². The molecule has 0 atom stereocenters. The number of benzene rings is 1. The van der Waals surface area contributed by atoms with E-state index in [2.05, 4.69) is 10.3 Å². The first-order valence-electron chi connectivity index (χ1n) is 8.56. The molecule has 5 nitrogen and oxygen atoms in total. The van der Waals surface area contributed by atoms with E-state index in [9.17, 15) is 4.79 Å². The van der Waals surface area contributed by atoms with Crippen molar-refractivity contribution in [1.82, 2.24) is 10.3 Å². The Bertz CT molecular complexity index is 652. The predicted octanol–water partition coefficient (Wildman–Crippen LogP) is 3.22. The SMILES string of the molecule is CCC(CC)(CN)NC(=O)CCc1nc(C)c(-c2ccccc2)o1. The summed E-state index contributed by atoms with van der Waals surface area (Å²) in [4.78, 5) is 16.7. The number of carbonyl (C=O) groups is 1. The summed E-state index contributed by atoms with van der Waals surface area (Å²) in [5.41, 5.74) is 7.36. The summed E-state index contributed by atoms with van der Waals surface area (Å²) in [7, 11) is 0. The Morgan fingerprint density at radius 2 is 1.92 bits per heavy atom. The van der Waals surface area contributed by atoms with Gasteiger partial charge in [0.25, 0.3) is 0 Å². The van der Waals surface area contributed by atoms with Crippen LogP contribution in [0.2, 0.25) is 0 Å². The molecule has 5 heteroatoms. The van der Waals surface area contributed by atoms with Gasteiger partial charge in [-0.05, 0) is 19.8 Å². The first-order chi connectivity index (χ1) is 11.5. The third kappa shape index (κ3) is 4.23. The van der Waals surface area contributed by atoms with Crippen molar-refractivity contribution in [2.45, 2.75) is 52.0 Å². The maximum absolute atomic E-state index is 12.2. The van der Waals surface area contributed by atoms with E-state index in [0.717, 1.165) is 29.9 Å². The van der Waals surface area contributed by atoms with E-state index >= 15 is 0 Å². The number of nitrogens with one attached hydrogen (secondary N) is 1. The number of nitrogens with two attached hydrogens (primary N) is 1. The van der Waals surface area contributed by atoms with Crippen LogP contribution in [-0.4, -0.2) is 23.0 Å². The molecule has 1 aromatic carbocycles. The number of aryl methyl sites for hydroxylation is 2. The lowest BCUT2D eigenvalue weighted by Gasteiger charge is -2.31. The molecule has 1 aromatic heterocycles. The van der Waals surface area contributed by atoms with Crippen molar-refractivity contribution in [3.8, 4) is 11.3 Å². The minimum atomic E-state index is -0.307. The third-order valence-electron chi connectivity index (χ3n) is 4.59. The summed E-state index contributed by atoms with van der Waals surface area (Å²) in [6, 6.07) is 9.87. The highest BCUT2D eigenvalue weighted by Gasteiger charge is 2.26. The number of carbonyl (C=O) groups excluding carboxylic acids is 1. The van der Waals surface area contributed by atoms with E-state index in [-0.39, 0.29) is 11.4 Å². The number of aromatic nitrogens is 1. The molecule has 130 valence electrons. The van der Waals surface area contributed by atoms with E-state index in [0.29, 0.717) is 25.3 Å². The van der Waals surface area contributed by atoms with Gasteiger partial charge in [-0.3, -0.25) is 4.79 Å². The summed E-state index contributed by atoms with van der Waals surface area (Å²) < 4.78 is 5.84. The Balaban J connectivity index is 1.99. The Kier molecular flexibility index (Phi) is 6.15. The summed E-state index contributed by atoms with van der Waals surface area (Å²) in [6.45, 7) is 6.45. The predicted molar refractivity (Wildman–Crippen MR) is 95.5 cm³/mol. The largest absolute Gasteiger partial charge is 0.440 e. The number of nitrogens with zero attached hydrogens (tertiary/aromatic N) is 1. The number of hydrogen-bond donors (Lipinski definition) is 2. The van der Waals surface area contributed by atoms with Crippen LogP contribution in [0.5, 0.6) is 0 Å². The molecule has 1 heterocycles. The van der Waals surface area contributed by atoms with E-state index < -0.39 is 0 Å². The van der Waals surface area contributed by atoms with Gasteiger partial charge in [0.2, 0.25) is 5.91 Å². The van der Waals surface area contributed by atoms with E-state index in [1.807, 2.05) is 51.1 Å². The fourth-order valence-electron chi connectivity index (χ4n) is 2.76. The maximum atomic E-state index is 12.2. The summed E-state index contributed by atoms with van der Waals surface area (Å²) in [5.74, 6) is 1.35. The smallest absolute Gasteiger partial charge is 0.220 e. The van der Waals surface area contributed by atoms with Gasteiger partial charge >= 0.3 is 0 Å². The van der Waals surface area contributed by atoms with Crippen LogP contribution >= 0.6 is 0 Å². The first kappa shape index (κ1) is 18.2. The zero-order valence-electron chi connectivity index (χ0n) is 14.8. The number of oxazole rings is 1. The number of amides is 1. The van der Waals surface area contributed by atoms with Crippen LogP contribution in [0.3, 0.4) is 0 Å². The average Bonchev–Trinajstić information content (AvgIpc) is 2.99. The van der Waals surface area contributed by atoms with Crippen LogP contribution in [0.4, 0.5) is 0 Å². The van der Waals surface area contributed by atoms with Crippen LogP contribution < -0.4 is 11.1 Å². The monoisotopic (exact) mass is 329 g/mol. The lowest BCUT2D eigenvalue weighted by molar-refractivity contribution is -0.123. The van der Waals surface area contributed by atoms with Gasteiger partial charge < -0.3 is 15.5 Å². The van der Waals surface area contributed by atoms with Gasteiger partial charge in [-0.2, -0.15) is 0 Å². The highest BCUT2D eigenvalue weighted by atomic mass is 16.4. The van der Waals surface area contributed by atoms with Gasteiger partial charge in [0.1, 0.15) is 0 Å². The van der Waals surface area contributed by atoms with Crippen molar-refractivity contribution in [1.29, 1.82) is 0 Å². The number of rotatable bonds is 8. The van der Waals surface area contributed by atoms with Gasteiger partial charge in [0.15, 0.2) is 11.7 Å². The van der Waals surface area contributed by atoms with Crippen molar-refractivity contribution in [3.05, 3.63) is 41.9 Å². The van der Waals surface area contributed by atoms with E-state index in [1.54, 1.807) is 0 Å². The molecule has 0 fully saturated rings. The van der Waals surface area contributed by atoms with Gasteiger partial charge in [0.05, 0.1) is 11.2 Å². The molecule has 0 spiro atoms. The molecule has 0 aliphatic carbocycles. The summed E-state index contributed by atoms with van der Waals surface area (Å²) >= 11 is 0. The standard InChI is InChI=1S/C19H27N3O2/c1-4-19(5-2,13-20)22-16(23)11-12-17-21-14(3)18(24-17)15-9-7-6-8-10-15/h6-10H,4-5,11-13,20H2,1-3H3,(H,22,23). The fraction of sp³-hybridized carbons (Fsp3) is 0.474. The molecule has 0 aliphatic rings. The Hall–Kier alpha value is -2.14. The lowest BCUT2D eigenvalue weighted by Crippen LogP contribution is -2.52. The Morgan fingerprint density at radius 3 is 2.50 bits per heavy atom. The molecule has 0 saturated heterocycles. The van der Waals surface area contributed by atoms with Crippen molar-refractivity contribution >= 4 is 5.91 Å². The first-order valence-corrected chi connectivity index (χ1v) is 8.56. The van der Waals surface area contributed by atoms with Crippen molar-refractivity contribution in [2.75, 3.05) is 6.54 Å². The molecule has 0 unspecified atom stereocenters. The topological polar surface area (TPSA) is 81.1 Å². The van der Waals surface area contributed by atoms with Crippen LogP contribution in [0.25, 0.3) is 11.3 Å². The minimum Gasteiger partial charge on any atom is -0.440 e. The molecule has 0 radical (unpaired) electrons. The highest BCUT2D eigenvalue weighted by molar-refractivity contribution is 5.77. The van der Waals surface area contributed by atoms with Crippen LogP contribution in [0.1, 0.15) is 44.7 Å². The van der Waals surface area contributed by atoms with Gasteiger partial charge in [-0.15, -0.1) is 0 Å². The summed E-state index contributed by atoms with van der Waals surface area (Å²) in [6.07, 6.45) is 2.47. The molecule has 3 N–H and O–H groups in total. The normalized spacial score (nSPS) is 11.5. The number of hydrogen-bond acceptors (Lipinski definition) is 4. The van der Waals surface area contributed by atoms with Gasteiger partial charge in [-0.25, -0.2) is 4.98 Å². The molecule has 2 rings (SSSR count). The Morgan fingerprint density at radius 1 is 1.25 bits per heavy atom. The second-order valence-electron chi connectivity index (χ2n) is 6.13. The molecule has 0 bridgehead atoms. The van der Waals surface area contributed by atoms with Crippen molar-refractivity contribution in [3.63, 3.8) is 0 Å². The van der Waals surface area contributed by atoms with Crippen LogP contribution in [0.15, 0.2) is 34.7 Å². The third-order valence-corrected chi connectivity index (χ3v) is 4.59. The second kappa shape index (κ2) is 8.11. The zero-order chi connectivity index (χ0) is 17.6. The quantitative estimate of drug-likeness (QED) is 0.779. The van der Waals surface area contributed by atoms with Crippen molar-refractivity contribution in [2.24, 2.45) is 5.73 Å².